The van der Waals surface area contributed by atoms with Crippen LogP contribution in [0.15, 0.2) is 36.5 Å². The van der Waals surface area contributed by atoms with Gasteiger partial charge in [-0.1, -0.05) is 12.1 Å². The number of hydrogen-bond acceptors (Lipinski definition) is 3. The molecular weight excluding hydrogens is 205 g/mol. The number of nitrogens with zero attached hydrogens (tertiary/aromatic N) is 3. The molecule has 1 heterocycles. The zero-order chi connectivity index (χ0) is 11.4. The van der Waals surface area contributed by atoms with E-state index in [9.17, 15) is 4.39 Å². The van der Waals surface area contributed by atoms with Crippen molar-refractivity contribution in [2.45, 2.75) is 6.42 Å². The summed E-state index contributed by atoms with van der Waals surface area (Å²) in [5.41, 5.74) is 1.31. The second-order valence-electron chi connectivity index (χ2n) is 3.20. The minimum atomic E-state index is -0.307. The van der Waals surface area contributed by atoms with Crippen LogP contribution in [0.2, 0.25) is 0 Å². The summed E-state index contributed by atoms with van der Waals surface area (Å²) in [6, 6.07) is 9.83. The van der Waals surface area contributed by atoms with E-state index < -0.39 is 0 Å². The van der Waals surface area contributed by atoms with Crippen LogP contribution in [0.1, 0.15) is 5.82 Å². The summed E-state index contributed by atoms with van der Waals surface area (Å²) in [5.74, 6) is 0.141. The molecule has 1 aromatic heterocycles. The zero-order valence-corrected chi connectivity index (χ0v) is 8.39. The lowest BCUT2D eigenvalue weighted by atomic mass is 10.1. The molecule has 3 nitrogen and oxygen atoms in total. The van der Waals surface area contributed by atoms with Crippen molar-refractivity contribution < 1.29 is 4.39 Å². The average Bonchev–Trinajstić information content (AvgIpc) is 2.30. The first kappa shape index (κ1) is 10.2. The fraction of sp³-hybridized carbons (Fsp3) is 0.0833. The fourth-order valence-electron chi connectivity index (χ4n) is 1.36. The van der Waals surface area contributed by atoms with Gasteiger partial charge in [0.1, 0.15) is 11.6 Å². The third-order valence-corrected chi connectivity index (χ3v) is 2.06. The molecule has 0 spiro atoms. The second-order valence-corrected chi connectivity index (χ2v) is 3.20. The Hall–Kier alpha value is -2.28. The fourth-order valence-corrected chi connectivity index (χ4v) is 1.36. The molecule has 4 heteroatoms. The molecule has 16 heavy (non-hydrogen) atoms. The molecule has 0 aliphatic rings. The third kappa shape index (κ3) is 2.20. The third-order valence-electron chi connectivity index (χ3n) is 2.06. The molecule has 2 rings (SSSR count). The first-order chi connectivity index (χ1) is 7.79. The van der Waals surface area contributed by atoms with E-state index in [0.29, 0.717) is 17.1 Å². The number of halogens is 1. The van der Waals surface area contributed by atoms with Crippen molar-refractivity contribution in [1.29, 1.82) is 5.26 Å². The average molecular weight is 213 g/mol. The van der Waals surface area contributed by atoms with Crippen molar-refractivity contribution in [2.24, 2.45) is 0 Å². The molecule has 0 aliphatic carbocycles. The molecule has 0 N–H and O–H groups in total. The van der Waals surface area contributed by atoms with Gasteiger partial charge in [0, 0.05) is 11.8 Å². The highest BCUT2D eigenvalue weighted by molar-refractivity contribution is 5.58. The van der Waals surface area contributed by atoms with Gasteiger partial charge >= 0.3 is 0 Å². The first-order valence-corrected chi connectivity index (χ1v) is 4.74. The smallest absolute Gasteiger partial charge is 0.142 e. The molecule has 0 fully saturated rings. The van der Waals surface area contributed by atoms with Gasteiger partial charge in [0.25, 0.3) is 0 Å². The zero-order valence-electron chi connectivity index (χ0n) is 8.39. The van der Waals surface area contributed by atoms with Gasteiger partial charge in [-0.2, -0.15) is 5.26 Å². The molecule has 1 aromatic carbocycles. The molecule has 0 unspecified atom stereocenters. The molecule has 78 valence electrons. The molecule has 0 saturated carbocycles. The largest absolute Gasteiger partial charge is 0.240 e. The maximum absolute atomic E-state index is 13.0. The highest BCUT2D eigenvalue weighted by Crippen LogP contribution is 2.17. The minimum absolute atomic E-state index is 0.156. The molecule has 0 bridgehead atoms. The standard InChI is InChI=1S/C12H8FN3/c13-10-3-1-2-9(8-10)11-5-7-15-12(16-11)4-6-14/h1-3,5,7-8H,4H2. The Bertz CT molecular complexity index is 546. The number of hydrogen-bond donors (Lipinski definition) is 0. The van der Waals surface area contributed by atoms with Gasteiger partial charge in [0.2, 0.25) is 0 Å². The SMILES string of the molecule is N#CCc1nccc(-c2cccc(F)c2)n1. The Balaban J connectivity index is 2.41. The molecule has 0 amide bonds. The van der Waals surface area contributed by atoms with Gasteiger partial charge in [-0.25, -0.2) is 14.4 Å². The van der Waals surface area contributed by atoms with Crippen molar-refractivity contribution in [3.05, 3.63) is 48.2 Å². The van der Waals surface area contributed by atoms with Crippen LogP contribution in [0.5, 0.6) is 0 Å². The Morgan fingerprint density at radius 1 is 1.31 bits per heavy atom. The van der Waals surface area contributed by atoms with Crippen LogP contribution in [-0.4, -0.2) is 9.97 Å². The van der Waals surface area contributed by atoms with Gasteiger partial charge < -0.3 is 0 Å². The van der Waals surface area contributed by atoms with E-state index in [-0.39, 0.29) is 12.2 Å². The van der Waals surface area contributed by atoms with E-state index in [1.54, 1.807) is 24.4 Å². The van der Waals surface area contributed by atoms with Gasteiger partial charge in [-0.15, -0.1) is 0 Å². The van der Waals surface area contributed by atoms with Crippen LogP contribution in [0.25, 0.3) is 11.3 Å². The van der Waals surface area contributed by atoms with Gasteiger partial charge in [-0.3, -0.25) is 0 Å². The summed E-state index contributed by atoms with van der Waals surface area (Å²) in [6.07, 6.45) is 1.73. The highest BCUT2D eigenvalue weighted by Gasteiger charge is 2.02. The van der Waals surface area contributed by atoms with Crippen molar-refractivity contribution in [1.82, 2.24) is 9.97 Å². The molecule has 0 saturated heterocycles. The number of nitriles is 1. The molecular formula is C12H8FN3. The maximum atomic E-state index is 13.0. The van der Waals surface area contributed by atoms with Crippen LogP contribution < -0.4 is 0 Å². The van der Waals surface area contributed by atoms with Gasteiger partial charge in [-0.05, 0) is 18.2 Å². The Morgan fingerprint density at radius 3 is 2.94 bits per heavy atom. The van der Waals surface area contributed by atoms with Crippen LogP contribution >= 0.6 is 0 Å². The summed E-state index contributed by atoms with van der Waals surface area (Å²) >= 11 is 0. The summed E-state index contributed by atoms with van der Waals surface area (Å²) in [5, 5.41) is 8.54. The predicted molar refractivity (Wildman–Crippen MR) is 56.7 cm³/mol. The number of benzene rings is 1. The number of rotatable bonds is 2. The van der Waals surface area contributed by atoms with E-state index >= 15 is 0 Å². The van der Waals surface area contributed by atoms with Crippen molar-refractivity contribution in [3.8, 4) is 17.3 Å². The van der Waals surface area contributed by atoms with E-state index in [1.807, 2.05) is 6.07 Å². The predicted octanol–water partition coefficient (Wildman–Crippen LogP) is 2.35. The summed E-state index contributed by atoms with van der Waals surface area (Å²) in [4.78, 5) is 8.12. The monoisotopic (exact) mass is 213 g/mol. The van der Waals surface area contributed by atoms with Crippen molar-refractivity contribution in [3.63, 3.8) is 0 Å². The molecule has 0 atom stereocenters. The van der Waals surface area contributed by atoms with E-state index in [4.69, 9.17) is 5.26 Å². The van der Waals surface area contributed by atoms with Crippen LogP contribution in [-0.2, 0) is 6.42 Å². The number of aromatic nitrogens is 2. The second kappa shape index (κ2) is 4.49. The van der Waals surface area contributed by atoms with Gasteiger partial charge in [0.05, 0.1) is 18.2 Å². The molecule has 0 radical (unpaired) electrons. The lowest BCUT2D eigenvalue weighted by Gasteiger charge is -2.01. The lowest BCUT2D eigenvalue weighted by Crippen LogP contribution is -1.94. The summed E-state index contributed by atoms with van der Waals surface area (Å²) < 4.78 is 13.0. The Labute approximate surface area is 92.2 Å². The lowest BCUT2D eigenvalue weighted by molar-refractivity contribution is 0.628. The highest BCUT2D eigenvalue weighted by atomic mass is 19.1. The topological polar surface area (TPSA) is 49.6 Å². The van der Waals surface area contributed by atoms with E-state index in [0.717, 1.165) is 0 Å². The molecule has 2 aromatic rings. The normalized spacial score (nSPS) is 9.75. The first-order valence-electron chi connectivity index (χ1n) is 4.74. The Morgan fingerprint density at radius 2 is 2.19 bits per heavy atom. The molecule has 0 aliphatic heterocycles. The maximum Gasteiger partial charge on any atom is 0.142 e. The minimum Gasteiger partial charge on any atom is -0.240 e. The van der Waals surface area contributed by atoms with Crippen molar-refractivity contribution >= 4 is 0 Å². The van der Waals surface area contributed by atoms with Crippen LogP contribution in [0, 0.1) is 17.1 Å². The van der Waals surface area contributed by atoms with Crippen molar-refractivity contribution in [2.75, 3.05) is 0 Å². The Kier molecular flexibility index (Phi) is 2.88. The summed E-state index contributed by atoms with van der Waals surface area (Å²) in [7, 11) is 0. The summed E-state index contributed by atoms with van der Waals surface area (Å²) in [6.45, 7) is 0. The quantitative estimate of drug-likeness (QED) is 0.769. The van der Waals surface area contributed by atoms with Crippen LogP contribution in [0.3, 0.4) is 0 Å². The van der Waals surface area contributed by atoms with E-state index in [1.165, 1.54) is 12.1 Å². The van der Waals surface area contributed by atoms with Crippen LogP contribution in [0.4, 0.5) is 4.39 Å². The van der Waals surface area contributed by atoms with E-state index in [2.05, 4.69) is 9.97 Å². The van der Waals surface area contributed by atoms with Gasteiger partial charge in [0.15, 0.2) is 0 Å².